The molecule has 0 radical (unpaired) electrons. The van der Waals surface area contributed by atoms with Gasteiger partial charge in [0.15, 0.2) is 0 Å². The first kappa shape index (κ1) is 23.9. The maximum atomic E-state index is 3.20. The Kier molecular flexibility index (Phi) is 5.63. The van der Waals surface area contributed by atoms with E-state index in [1.54, 1.807) is 0 Å². The molecule has 2 aromatic heterocycles. The van der Waals surface area contributed by atoms with Crippen molar-refractivity contribution in [2.45, 2.75) is 0 Å². The quantitative estimate of drug-likeness (QED) is 0.196. The molecule has 0 amide bonds. The average Bonchev–Trinajstić information content (AvgIpc) is 3.57. The molecule has 194 valence electrons. The van der Waals surface area contributed by atoms with Crippen molar-refractivity contribution in [3.05, 3.63) is 157 Å². The number of aromatic nitrogens is 2. The Morgan fingerprint density at radius 1 is 0.310 bits per heavy atom. The van der Waals surface area contributed by atoms with Crippen LogP contribution in [0.3, 0.4) is 0 Å². The van der Waals surface area contributed by atoms with E-state index in [9.17, 15) is 0 Å². The van der Waals surface area contributed by atoms with Gasteiger partial charge in [-0.3, -0.25) is 0 Å². The molecule has 8 aromatic rings. The number of hydrogen-bond donors (Lipinski definition) is 0. The summed E-state index contributed by atoms with van der Waals surface area (Å²) in [5.74, 6) is 12.5. The van der Waals surface area contributed by atoms with E-state index in [4.69, 9.17) is 0 Å². The molecule has 2 nitrogen and oxygen atoms in total. The molecule has 0 aliphatic rings. The van der Waals surface area contributed by atoms with Gasteiger partial charge < -0.3 is 9.13 Å². The largest absolute Gasteiger partial charge is 0.309 e. The van der Waals surface area contributed by atoms with Crippen molar-refractivity contribution in [3.63, 3.8) is 0 Å². The van der Waals surface area contributed by atoms with Crippen molar-refractivity contribution in [2.24, 2.45) is 0 Å². The van der Waals surface area contributed by atoms with Gasteiger partial charge in [0.25, 0.3) is 0 Å². The molecule has 6 aromatic carbocycles. The van der Waals surface area contributed by atoms with E-state index in [1.165, 1.54) is 43.6 Å². The lowest BCUT2D eigenvalue weighted by atomic mass is 10.2. The number of para-hydroxylation sites is 4. The third kappa shape index (κ3) is 3.95. The van der Waals surface area contributed by atoms with E-state index >= 15 is 0 Å². The summed E-state index contributed by atoms with van der Waals surface area (Å²) in [5, 5.41) is 5.04. The summed E-state index contributed by atoms with van der Waals surface area (Å²) in [6.45, 7) is 0. The zero-order valence-corrected chi connectivity index (χ0v) is 22.8. The van der Waals surface area contributed by atoms with Crippen LogP contribution in [0.25, 0.3) is 55.0 Å². The van der Waals surface area contributed by atoms with Crippen LogP contribution in [0.4, 0.5) is 0 Å². The molecule has 0 fully saturated rings. The second-order valence-electron chi connectivity index (χ2n) is 10.3. The zero-order chi connectivity index (χ0) is 27.9. The van der Waals surface area contributed by atoms with E-state index in [-0.39, 0.29) is 0 Å². The number of rotatable bonds is 2. The summed E-state index contributed by atoms with van der Waals surface area (Å²) in [5.41, 5.74) is 8.92. The van der Waals surface area contributed by atoms with Gasteiger partial charge in [0.1, 0.15) is 0 Å². The maximum Gasteiger partial charge on any atom is 0.0541 e. The summed E-state index contributed by atoms with van der Waals surface area (Å²) in [6.07, 6.45) is 0. The fourth-order valence-electron chi connectivity index (χ4n) is 6.00. The summed E-state index contributed by atoms with van der Waals surface area (Å²) in [7, 11) is 0. The normalized spacial score (nSPS) is 11.0. The third-order valence-electron chi connectivity index (χ3n) is 7.89. The van der Waals surface area contributed by atoms with Gasteiger partial charge in [0.2, 0.25) is 0 Å². The molecule has 2 heterocycles. The van der Waals surface area contributed by atoms with Gasteiger partial charge in [-0.1, -0.05) is 84.6 Å². The smallest absolute Gasteiger partial charge is 0.0541 e. The van der Waals surface area contributed by atoms with Crippen LogP contribution in [-0.2, 0) is 0 Å². The monoisotopic (exact) mass is 532 g/mol. The highest BCUT2D eigenvalue weighted by molar-refractivity contribution is 6.10. The summed E-state index contributed by atoms with van der Waals surface area (Å²) < 4.78 is 4.62. The molecule has 0 bridgehead atoms. The van der Waals surface area contributed by atoms with Crippen LogP contribution in [0, 0.1) is 23.7 Å². The van der Waals surface area contributed by atoms with Crippen LogP contribution in [0.5, 0.6) is 0 Å². The lowest BCUT2D eigenvalue weighted by Crippen LogP contribution is -1.93. The van der Waals surface area contributed by atoms with Gasteiger partial charge in [0.05, 0.1) is 22.1 Å². The molecule has 42 heavy (non-hydrogen) atoms. The number of nitrogens with zero attached hydrogens (tertiary/aromatic N) is 2. The average molecular weight is 533 g/mol. The molecule has 0 aliphatic heterocycles. The van der Waals surface area contributed by atoms with E-state index < -0.39 is 0 Å². The molecular formula is C40H24N2. The minimum absolute atomic E-state index is 0.940. The van der Waals surface area contributed by atoms with Crippen LogP contribution in [0.2, 0.25) is 0 Å². The van der Waals surface area contributed by atoms with Crippen LogP contribution >= 0.6 is 0 Å². The summed E-state index contributed by atoms with van der Waals surface area (Å²) in [6, 6.07) is 51.0. The van der Waals surface area contributed by atoms with Crippen molar-refractivity contribution in [3.8, 4) is 35.1 Å². The van der Waals surface area contributed by atoms with Crippen LogP contribution in [0.15, 0.2) is 146 Å². The Morgan fingerprint density at radius 2 is 0.595 bits per heavy atom. The molecule has 0 N–H and O–H groups in total. The second kappa shape index (κ2) is 9.90. The van der Waals surface area contributed by atoms with Crippen molar-refractivity contribution < 1.29 is 0 Å². The molecule has 0 aliphatic carbocycles. The molecule has 0 saturated carbocycles. The predicted molar refractivity (Wildman–Crippen MR) is 175 cm³/mol. The van der Waals surface area contributed by atoms with Crippen LogP contribution < -0.4 is 0 Å². The first-order valence-corrected chi connectivity index (χ1v) is 14.0. The highest BCUT2D eigenvalue weighted by Crippen LogP contribution is 2.33. The molecule has 0 spiro atoms. The minimum Gasteiger partial charge on any atom is -0.309 e. The molecule has 0 atom stereocenters. The molecule has 8 rings (SSSR count). The lowest BCUT2D eigenvalue weighted by molar-refractivity contribution is 1.18. The van der Waals surface area contributed by atoms with Gasteiger partial charge in [0, 0.05) is 44.0 Å². The Labute approximate surface area is 244 Å². The van der Waals surface area contributed by atoms with E-state index in [2.05, 4.69) is 178 Å². The van der Waals surface area contributed by atoms with E-state index in [0.717, 1.165) is 22.5 Å². The van der Waals surface area contributed by atoms with Crippen LogP contribution in [-0.4, -0.2) is 9.13 Å². The third-order valence-corrected chi connectivity index (χ3v) is 7.89. The van der Waals surface area contributed by atoms with Crippen molar-refractivity contribution in [2.75, 3.05) is 0 Å². The van der Waals surface area contributed by atoms with Gasteiger partial charge in [-0.15, -0.1) is 0 Å². The van der Waals surface area contributed by atoms with Crippen molar-refractivity contribution >= 4 is 43.6 Å². The minimum atomic E-state index is 0.940. The molecule has 0 unspecified atom stereocenters. The standard InChI is InChI=1S/C40H24N2/c1(11-29-21-25-31(26-22-29)41-37-17-7-3-13-33(37)34-14-4-8-18-38(34)41)2-12-30-23-27-32(28-24-30)42-39-19-9-5-15-35(39)36-16-6-10-20-40(36)42/h3-10,13-28H. The van der Waals surface area contributed by atoms with Crippen molar-refractivity contribution in [1.82, 2.24) is 9.13 Å². The number of benzene rings is 6. The predicted octanol–water partition coefficient (Wildman–Crippen LogP) is 9.28. The number of fused-ring (bicyclic) bond motifs is 6. The second-order valence-corrected chi connectivity index (χ2v) is 10.3. The molecule has 0 saturated heterocycles. The highest BCUT2D eigenvalue weighted by atomic mass is 15.0. The highest BCUT2D eigenvalue weighted by Gasteiger charge is 2.12. The maximum absolute atomic E-state index is 3.20. The Balaban J connectivity index is 1.05. The summed E-state index contributed by atoms with van der Waals surface area (Å²) in [4.78, 5) is 0. The van der Waals surface area contributed by atoms with E-state index in [0.29, 0.717) is 0 Å². The lowest BCUT2D eigenvalue weighted by Gasteiger charge is -2.07. The van der Waals surface area contributed by atoms with Gasteiger partial charge in [-0.25, -0.2) is 0 Å². The zero-order valence-electron chi connectivity index (χ0n) is 22.8. The van der Waals surface area contributed by atoms with Gasteiger partial charge >= 0.3 is 0 Å². The SMILES string of the molecule is C(C#Cc1ccc(-n2c3ccccc3c3ccccc32)cc1)#Cc1ccc(-n2c3ccccc3c3ccccc32)cc1. The first-order valence-electron chi connectivity index (χ1n) is 14.0. The van der Waals surface area contributed by atoms with Crippen molar-refractivity contribution in [1.29, 1.82) is 0 Å². The number of hydrogen-bond acceptors (Lipinski definition) is 0. The molecular weight excluding hydrogens is 508 g/mol. The topological polar surface area (TPSA) is 9.86 Å². The van der Waals surface area contributed by atoms with Crippen LogP contribution in [0.1, 0.15) is 11.1 Å². The Bertz CT molecular complexity index is 2120. The fourth-order valence-corrected chi connectivity index (χ4v) is 6.00. The van der Waals surface area contributed by atoms with Gasteiger partial charge in [-0.2, -0.15) is 0 Å². The molecule has 2 heteroatoms. The first-order chi connectivity index (χ1) is 20.8. The Morgan fingerprint density at radius 3 is 0.905 bits per heavy atom. The Hall–Kier alpha value is -5.96. The summed E-state index contributed by atoms with van der Waals surface area (Å²) >= 11 is 0. The van der Waals surface area contributed by atoms with Gasteiger partial charge in [-0.05, 0) is 84.6 Å². The fraction of sp³-hybridized carbons (Fsp3) is 0. The van der Waals surface area contributed by atoms with E-state index in [1.807, 2.05) is 0 Å².